The second-order valence-corrected chi connectivity index (χ2v) is 4.67. The van der Waals surface area contributed by atoms with Gasteiger partial charge in [-0.2, -0.15) is 0 Å². The zero-order chi connectivity index (χ0) is 13.0. The van der Waals surface area contributed by atoms with Crippen LogP contribution in [0, 0.1) is 0 Å². The lowest BCUT2D eigenvalue weighted by molar-refractivity contribution is -0.121. The van der Waals surface area contributed by atoms with Gasteiger partial charge in [0.2, 0.25) is 5.91 Å². The number of amides is 1. The van der Waals surface area contributed by atoms with Crippen molar-refractivity contribution in [3.8, 4) is 5.75 Å². The molecule has 1 saturated carbocycles. The van der Waals surface area contributed by atoms with Crippen molar-refractivity contribution < 1.29 is 14.6 Å². The lowest BCUT2D eigenvalue weighted by atomic mass is 10.0. The minimum Gasteiger partial charge on any atom is -0.497 e. The quantitative estimate of drug-likeness (QED) is 0.808. The largest absolute Gasteiger partial charge is 0.497 e. The van der Waals surface area contributed by atoms with Crippen molar-refractivity contribution in [2.45, 2.75) is 37.8 Å². The predicted octanol–water partition coefficient (Wildman–Crippen LogP) is 1.79. The maximum atomic E-state index is 11.5. The van der Waals surface area contributed by atoms with Crippen LogP contribution in [0.3, 0.4) is 0 Å². The van der Waals surface area contributed by atoms with E-state index in [9.17, 15) is 9.90 Å². The van der Waals surface area contributed by atoms with Crippen LogP contribution in [0.4, 0.5) is 0 Å². The molecule has 0 heterocycles. The number of rotatable bonds is 6. The van der Waals surface area contributed by atoms with Gasteiger partial charge in [0.1, 0.15) is 5.75 Å². The van der Waals surface area contributed by atoms with Crippen LogP contribution >= 0.6 is 0 Å². The molecular formula is C14H19NO3. The molecule has 0 radical (unpaired) electrons. The zero-order valence-electron chi connectivity index (χ0n) is 10.6. The standard InChI is InChI=1S/C14H19NO3/c1-18-12-6-2-10(3-7-12)13(16)8-9-14(17)15-11-4-5-11/h2-3,6-7,11,13,16H,4-5,8-9H2,1H3,(H,15,17). The highest BCUT2D eigenvalue weighted by molar-refractivity contribution is 5.76. The molecular weight excluding hydrogens is 230 g/mol. The van der Waals surface area contributed by atoms with E-state index >= 15 is 0 Å². The fraction of sp³-hybridized carbons (Fsp3) is 0.500. The fourth-order valence-corrected chi connectivity index (χ4v) is 1.79. The van der Waals surface area contributed by atoms with Crippen LogP contribution in [0.5, 0.6) is 5.75 Å². The van der Waals surface area contributed by atoms with Crippen LogP contribution in [-0.2, 0) is 4.79 Å². The van der Waals surface area contributed by atoms with Gasteiger partial charge in [-0.05, 0) is 37.0 Å². The van der Waals surface area contributed by atoms with Crippen LogP contribution in [0.15, 0.2) is 24.3 Å². The second kappa shape index (κ2) is 5.87. The van der Waals surface area contributed by atoms with E-state index in [0.29, 0.717) is 18.9 Å². The first kappa shape index (κ1) is 12.9. The topological polar surface area (TPSA) is 58.6 Å². The molecule has 0 bridgehead atoms. The van der Waals surface area contributed by atoms with E-state index in [-0.39, 0.29) is 5.91 Å². The van der Waals surface area contributed by atoms with Crippen molar-refractivity contribution >= 4 is 5.91 Å². The summed E-state index contributed by atoms with van der Waals surface area (Å²) in [5.41, 5.74) is 0.815. The van der Waals surface area contributed by atoms with Gasteiger partial charge in [0.25, 0.3) is 0 Å². The van der Waals surface area contributed by atoms with Crippen molar-refractivity contribution in [3.63, 3.8) is 0 Å². The van der Waals surface area contributed by atoms with E-state index in [1.165, 1.54) is 0 Å². The summed E-state index contributed by atoms with van der Waals surface area (Å²) in [6.45, 7) is 0. The second-order valence-electron chi connectivity index (χ2n) is 4.67. The predicted molar refractivity (Wildman–Crippen MR) is 68.4 cm³/mol. The Morgan fingerprint density at radius 3 is 2.67 bits per heavy atom. The van der Waals surface area contributed by atoms with Gasteiger partial charge in [-0.25, -0.2) is 0 Å². The highest BCUT2D eigenvalue weighted by Crippen LogP contribution is 2.22. The highest BCUT2D eigenvalue weighted by Gasteiger charge is 2.23. The van der Waals surface area contributed by atoms with Crippen molar-refractivity contribution in [2.75, 3.05) is 7.11 Å². The van der Waals surface area contributed by atoms with E-state index in [1.54, 1.807) is 7.11 Å². The van der Waals surface area contributed by atoms with Gasteiger partial charge in [0.05, 0.1) is 13.2 Å². The third-order valence-electron chi connectivity index (χ3n) is 3.09. The van der Waals surface area contributed by atoms with Crippen molar-refractivity contribution in [2.24, 2.45) is 0 Å². The number of carbonyl (C=O) groups excluding carboxylic acids is 1. The Morgan fingerprint density at radius 2 is 2.11 bits per heavy atom. The first-order valence-electron chi connectivity index (χ1n) is 6.30. The molecule has 2 N–H and O–H groups in total. The molecule has 0 aliphatic heterocycles. The average Bonchev–Trinajstić information content (AvgIpc) is 3.20. The first-order chi connectivity index (χ1) is 8.69. The molecule has 0 spiro atoms. The molecule has 2 rings (SSSR count). The Hall–Kier alpha value is -1.55. The van der Waals surface area contributed by atoms with Gasteiger partial charge in [0, 0.05) is 12.5 Å². The monoisotopic (exact) mass is 249 g/mol. The molecule has 4 heteroatoms. The van der Waals surface area contributed by atoms with Crippen LogP contribution in [0.1, 0.15) is 37.4 Å². The number of hydrogen-bond donors (Lipinski definition) is 2. The third-order valence-corrected chi connectivity index (χ3v) is 3.09. The van der Waals surface area contributed by atoms with Gasteiger partial charge in [-0.1, -0.05) is 12.1 Å². The van der Waals surface area contributed by atoms with Crippen LogP contribution in [-0.4, -0.2) is 24.2 Å². The van der Waals surface area contributed by atoms with Gasteiger partial charge in [-0.3, -0.25) is 4.79 Å². The molecule has 1 aliphatic carbocycles. The molecule has 1 amide bonds. The number of carbonyl (C=O) groups is 1. The van der Waals surface area contributed by atoms with Gasteiger partial charge >= 0.3 is 0 Å². The van der Waals surface area contributed by atoms with E-state index < -0.39 is 6.10 Å². The summed E-state index contributed by atoms with van der Waals surface area (Å²) >= 11 is 0. The molecule has 1 fully saturated rings. The van der Waals surface area contributed by atoms with Gasteiger partial charge in [0.15, 0.2) is 0 Å². The molecule has 18 heavy (non-hydrogen) atoms. The Morgan fingerprint density at radius 1 is 1.44 bits per heavy atom. The Kier molecular flexibility index (Phi) is 4.20. The number of aliphatic hydroxyl groups excluding tert-OH is 1. The number of benzene rings is 1. The maximum absolute atomic E-state index is 11.5. The van der Waals surface area contributed by atoms with Crippen LogP contribution < -0.4 is 10.1 Å². The first-order valence-corrected chi connectivity index (χ1v) is 6.30. The molecule has 1 aliphatic rings. The number of methoxy groups -OCH3 is 1. The number of hydrogen-bond acceptors (Lipinski definition) is 3. The molecule has 4 nitrogen and oxygen atoms in total. The molecule has 1 aromatic rings. The van der Waals surface area contributed by atoms with Crippen molar-refractivity contribution in [1.29, 1.82) is 0 Å². The van der Waals surface area contributed by atoms with Crippen molar-refractivity contribution in [1.82, 2.24) is 5.32 Å². The smallest absolute Gasteiger partial charge is 0.220 e. The number of nitrogens with one attached hydrogen (secondary N) is 1. The molecule has 1 atom stereocenters. The Labute approximate surface area is 107 Å². The molecule has 1 unspecified atom stereocenters. The Balaban J connectivity index is 1.78. The maximum Gasteiger partial charge on any atom is 0.220 e. The zero-order valence-corrected chi connectivity index (χ0v) is 10.6. The number of aliphatic hydroxyl groups is 1. The summed E-state index contributed by atoms with van der Waals surface area (Å²) in [7, 11) is 1.60. The summed E-state index contributed by atoms with van der Waals surface area (Å²) in [6.07, 6.45) is 2.40. The normalized spacial score (nSPS) is 16.1. The summed E-state index contributed by atoms with van der Waals surface area (Å²) in [6, 6.07) is 7.64. The van der Waals surface area contributed by atoms with Crippen molar-refractivity contribution in [3.05, 3.63) is 29.8 Å². The SMILES string of the molecule is COc1ccc(C(O)CCC(=O)NC2CC2)cc1. The van der Waals surface area contributed by atoms with Crippen LogP contribution in [0.2, 0.25) is 0 Å². The lowest BCUT2D eigenvalue weighted by Crippen LogP contribution is -2.25. The molecule has 0 aromatic heterocycles. The third kappa shape index (κ3) is 3.74. The van der Waals surface area contributed by atoms with E-state index in [1.807, 2.05) is 24.3 Å². The van der Waals surface area contributed by atoms with E-state index in [2.05, 4.69) is 5.32 Å². The van der Waals surface area contributed by atoms with E-state index in [0.717, 1.165) is 24.2 Å². The lowest BCUT2D eigenvalue weighted by Gasteiger charge is -2.11. The summed E-state index contributed by atoms with van der Waals surface area (Å²) in [4.78, 5) is 11.5. The average molecular weight is 249 g/mol. The fourth-order valence-electron chi connectivity index (χ4n) is 1.79. The molecule has 0 saturated heterocycles. The molecule has 98 valence electrons. The van der Waals surface area contributed by atoms with Crippen LogP contribution in [0.25, 0.3) is 0 Å². The highest BCUT2D eigenvalue weighted by atomic mass is 16.5. The van der Waals surface area contributed by atoms with Gasteiger partial charge in [-0.15, -0.1) is 0 Å². The molecule has 1 aromatic carbocycles. The van der Waals surface area contributed by atoms with E-state index in [4.69, 9.17) is 4.74 Å². The minimum absolute atomic E-state index is 0.0325. The number of ether oxygens (including phenoxy) is 1. The minimum atomic E-state index is -0.596. The summed E-state index contributed by atoms with van der Waals surface area (Å²) in [5, 5.41) is 12.9. The Bertz CT molecular complexity index is 398. The van der Waals surface area contributed by atoms with Gasteiger partial charge < -0.3 is 15.2 Å². The summed E-state index contributed by atoms with van der Waals surface area (Å²) in [5.74, 6) is 0.794. The summed E-state index contributed by atoms with van der Waals surface area (Å²) < 4.78 is 5.05.